The van der Waals surface area contributed by atoms with Crippen LogP contribution in [0.1, 0.15) is 15.9 Å². The van der Waals surface area contributed by atoms with Gasteiger partial charge < -0.3 is 15.4 Å². The number of nitrogens with two attached hydrogens (primary N) is 1. The minimum Gasteiger partial charge on any atom is -0.438 e. The largest absolute Gasteiger partial charge is 0.438 e. The number of hydrogen-bond donors (Lipinski definition) is 1. The third-order valence-corrected chi connectivity index (χ3v) is 2.73. The van der Waals surface area contributed by atoms with E-state index in [1.165, 1.54) is 17.2 Å². The van der Waals surface area contributed by atoms with Crippen LogP contribution in [-0.2, 0) is 0 Å². The van der Waals surface area contributed by atoms with E-state index in [2.05, 4.69) is 4.98 Å². The highest BCUT2D eigenvalue weighted by atomic mass is 16.5. The maximum absolute atomic E-state index is 11.7. The third kappa shape index (κ3) is 3.28. The normalized spacial score (nSPS) is 9.76. The predicted octanol–water partition coefficient (Wildman–Crippen LogP) is 2.03. The molecule has 0 atom stereocenters. The molecule has 6 nitrogen and oxygen atoms in total. The van der Waals surface area contributed by atoms with Crippen LogP contribution in [0.5, 0.6) is 11.6 Å². The lowest BCUT2D eigenvalue weighted by Gasteiger charge is -2.10. The summed E-state index contributed by atoms with van der Waals surface area (Å²) in [6, 6.07) is 9.98. The number of pyridine rings is 1. The fraction of sp³-hybridized carbons (Fsp3) is 0.133. The van der Waals surface area contributed by atoms with Crippen LogP contribution in [0.3, 0.4) is 0 Å². The van der Waals surface area contributed by atoms with Crippen molar-refractivity contribution in [3.63, 3.8) is 0 Å². The zero-order valence-electron chi connectivity index (χ0n) is 11.7. The Balaban J connectivity index is 2.22. The van der Waals surface area contributed by atoms with E-state index in [4.69, 9.17) is 15.7 Å². The molecule has 2 aromatic rings. The molecule has 0 spiro atoms. The Hall–Kier alpha value is -3.07. The average Bonchev–Trinajstić information content (AvgIpc) is 2.49. The fourth-order valence-corrected chi connectivity index (χ4v) is 1.66. The van der Waals surface area contributed by atoms with Crippen LogP contribution in [-0.4, -0.2) is 29.9 Å². The molecule has 1 aromatic heterocycles. The van der Waals surface area contributed by atoms with Crippen molar-refractivity contribution in [2.24, 2.45) is 0 Å². The smallest absolute Gasteiger partial charge is 0.254 e. The van der Waals surface area contributed by atoms with Gasteiger partial charge in [0.15, 0.2) is 0 Å². The van der Waals surface area contributed by atoms with Crippen molar-refractivity contribution >= 4 is 11.6 Å². The van der Waals surface area contributed by atoms with E-state index in [1.807, 2.05) is 6.07 Å². The maximum atomic E-state index is 11.7. The molecule has 2 N–H and O–H groups in total. The van der Waals surface area contributed by atoms with E-state index < -0.39 is 0 Å². The Morgan fingerprint density at radius 3 is 2.67 bits per heavy atom. The van der Waals surface area contributed by atoms with Gasteiger partial charge in [-0.1, -0.05) is 0 Å². The molecule has 0 radical (unpaired) electrons. The summed E-state index contributed by atoms with van der Waals surface area (Å²) < 4.78 is 5.54. The summed E-state index contributed by atoms with van der Waals surface area (Å²) in [6.07, 6.45) is 1.43. The van der Waals surface area contributed by atoms with E-state index in [0.717, 1.165) is 0 Å². The van der Waals surface area contributed by atoms with Crippen molar-refractivity contribution in [2.75, 3.05) is 19.8 Å². The fourth-order valence-electron chi connectivity index (χ4n) is 1.66. The number of anilines is 1. The molecule has 1 amide bonds. The zero-order valence-corrected chi connectivity index (χ0v) is 11.7. The number of aromatic nitrogens is 1. The molecule has 0 saturated heterocycles. The number of nitriles is 1. The van der Waals surface area contributed by atoms with Gasteiger partial charge in [-0.15, -0.1) is 0 Å². The predicted molar refractivity (Wildman–Crippen MR) is 77.9 cm³/mol. The Morgan fingerprint density at radius 1 is 1.33 bits per heavy atom. The summed E-state index contributed by atoms with van der Waals surface area (Å²) >= 11 is 0. The molecule has 106 valence electrons. The molecule has 0 aliphatic heterocycles. The summed E-state index contributed by atoms with van der Waals surface area (Å²) in [6.45, 7) is 0. The number of carbonyl (C=O) groups excluding carboxylic acids is 1. The van der Waals surface area contributed by atoms with Gasteiger partial charge in [0, 0.05) is 32.0 Å². The molecule has 6 heteroatoms. The van der Waals surface area contributed by atoms with Gasteiger partial charge in [0.25, 0.3) is 5.91 Å². The Labute approximate surface area is 122 Å². The molecule has 21 heavy (non-hydrogen) atoms. The molecular weight excluding hydrogens is 268 g/mol. The van der Waals surface area contributed by atoms with E-state index in [0.29, 0.717) is 28.4 Å². The van der Waals surface area contributed by atoms with Crippen LogP contribution in [0.15, 0.2) is 36.5 Å². The van der Waals surface area contributed by atoms with Crippen LogP contribution >= 0.6 is 0 Å². The van der Waals surface area contributed by atoms with Gasteiger partial charge >= 0.3 is 0 Å². The van der Waals surface area contributed by atoms with Crippen LogP contribution < -0.4 is 10.5 Å². The van der Waals surface area contributed by atoms with Gasteiger partial charge in [0.1, 0.15) is 11.8 Å². The molecule has 0 aliphatic rings. The summed E-state index contributed by atoms with van der Waals surface area (Å²) in [4.78, 5) is 17.3. The quantitative estimate of drug-likeness (QED) is 0.869. The van der Waals surface area contributed by atoms with Crippen LogP contribution in [0.25, 0.3) is 0 Å². The van der Waals surface area contributed by atoms with Crippen molar-refractivity contribution in [2.45, 2.75) is 0 Å². The molecular formula is C15H14N4O2. The Morgan fingerprint density at radius 2 is 2.10 bits per heavy atom. The van der Waals surface area contributed by atoms with Crippen molar-refractivity contribution in [3.05, 3.63) is 47.7 Å². The topological polar surface area (TPSA) is 92.2 Å². The van der Waals surface area contributed by atoms with Gasteiger partial charge in [-0.25, -0.2) is 4.98 Å². The number of carbonyl (C=O) groups is 1. The van der Waals surface area contributed by atoms with E-state index >= 15 is 0 Å². The highest BCUT2D eigenvalue weighted by molar-refractivity contribution is 5.93. The van der Waals surface area contributed by atoms with E-state index in [9.17, 15) is 4.79 Å². The zero-order chi connectivity index (χ0) is 15.4. The van der Waals surface area contributed by atoms with Crippen molar-refractivity contribution in [3.8, 4) is 17.7 Å². The number of benzene rings is 1. The second-order valence-corrected chi connectivity index (χ2v) is 4.55. The SMILES string of the molecule is CN(C)C(=O)c1ccc(Oc2ccc(N)cc2C#N)nc1. The molecule has 2 rings (SSSR count). The lowest BCUT2D eigenvalue weighted by atomic mass is 10.2. The van der Waals surface area contributed by atoms with Gasteiger partial charge in [-0.05, 0) is 24.3 Å². The standard InChI is InChI=1S/C15H14N4O2/c1-19(2)15(20)10-3-6-14(18-9-10)21-13-5-4-12(17)7-11(13)8-16/h3-7,9H,17H2,1-2H3. The second kappa shape index (κ2) is 5.92. The highest BCUT2D eigenvalue weighted by Gasteiger charge is 2.10. The summed E-state index contributed by atoms with van der Waals surface area (Å²) in [5.41, 5.74) is 6.89. The number of nitrogen functional groups attached to an aromatic ring is 1. The Kier molecular flexibility index (Phi) is 4.05. The van der Waals surface area contributed by atoms with Gasteiger partial charge in [-0.3, -0.25) is 4.79 Å². The van der Waals surface area contributed by atoms with E-state index in [1.54, 1.807) is 38.4 Å². The molecule has 0 fully saturated rings. The number of ether oxygens (including phenoxy) is 1. The molecule has 0 bridgehead atoms. The second-order valence-electron chi connectivity index (χ2n) is 4.55. The van der Waals surface area contributed by atoms with Gasteiger partial charge in [-0.2, -0.15) is 5.26 Å². The lowest BCUT2D eigenvalue weighted by molar-refractivity contribution is 0.0827. The molecule has 1 aromatic carbocycles. The minimum absolute atomic E-state index is 0.140. The number of amides is 1. The van der Waals surface area contributed by atoms with Crippen LogP contribution in [0, 0.1) is 11.3 Å². The number of nitrogens with zero attached hydrogens (tertiary/aromatic N) is 3. The van der Waals surface area contributed by atoms with Crippen molar-refractivity contribution in [1.82, 2.24) is 9.88 Å². The van der Waals surface area contributed by atoms with Gasteiger partial charge in [0.05, 0.1) is 11.1 Å². The highest BCUT2D eigenvalue weighted by Crippen LogP contribution is 2.25. The molecule has 0 aliphatic carbocycles. The summed E-state index contributed by atoms with van der Waals surface area (Å²) in [5.74, 6) is 0.525. The van der Waals surface area contributed by atoms with Crippen molar-refractivity contribution in [1.29, 1.82) is 5.26 Å². The first kappa shape index (κ1) is 14.3. The number of rotatable bonds is 3. The van der Waals surface area contributed by atoms with Crippen LogP contribution in [0.4, 0.5) is 5.69 Å². The third-order valence-electron chi connectivity index (χ3n) is 2.73. The van der Waals surface area contributed by atoms with Gasteiger partial charge in [0.2, 0.25) is 5.88 Å². The van der Waals surface area contributed by atoms with Crippen LogP contribution in [0.2, 0.25) is 0 Å². The molecule has 0 unspecified atom stereocenters. The summed E-state index contributed by atoms with van der Waals surface area (Å²) in [5, 5.41) is 9.04. The van der Waals surface area contributed by atoms with Crippen molar-refractivity contribution < 1.29 is 9.53 Å². The first-order valence-electron chi connectivity index (χ1n) is 6.16. The first-order chi connectivity index (χ1) is 10.0. The monoisotopic (exact) mass is 282 g/mol. The molecule has 0 saturated carbocycles. The minimum atomic E-state index is -0.140. The average molecular weight is 282 g/mol. The first-order valence-corrected chi connectivity index (χ1v) is 6.16. The van der Waals surface area contributed by atoms with E-state index in [-0.39, 0.29) is 5.91 Å². The summed E-state index contributed by atoms with van der Waals surface area (Å²) in [7, 11) is 3.33. The molecule has 1 heterocycles. The Bertz CT molecular complexity index is 703. The lowest BCUT2D eigenvalue weighted by Crippen LogP contribution is -2.21. The maximum Gasteiger partial charge on any atom is 0.254 e. The number of hydrogen-bond acceptors (Lipinski definition) is 5.